The molecular weight excluding hydrogens is 371 g/mol. The van der Waals surface area contributed by atoms with E-state index >= 15 is 0 Å². The maximum atomic E-state index is 13.2. The van der Waals surface area contributed by atoms with E-state index in [-0.39, 0.29) is 35.1 Å². The average molecular weight is 391 g/mol. The number of carbonyl (C=O) groups excluding carboxylic acids is 2. The van der Waals surface area contributed by atoms with Crippen molar-refractivity contribution in [3.8, 4) is 5.69 Å². The van der Waals surface area contributed by atoms with E-state index in [1.165, 1.54) is 16.9 Å². The number of alkyl halides is 3. The number of ketones is 1. The molecule has 4 rings (SSSR count). The van der Waals surface area contributed by atoms with E-state index < -0.39 is 11.7 Å². The summed E-state index contributed by atoms with van der Waals surface area (Å²) in [5.41, 5.74) is -0.418. The van der Waals surface area contributed by atoms with Crippen molar-refractivity contribution < 1.29 is 22.8 Å². The van der Waals surface area contributed by atoms with Crippen LogP contribution in [0.5, 0.6) is 0 Å². The summed E-state index contributed by atoms with van der Waals surface area (Å²) in [6.07, 6.45) is 2.11. The molecule has 2 aromatic rings. The Kier molecular flexibility index (Phi) is 4.72. The lowest BCUT2D eigenvalue weighted by molar-refractivity contribution is -0.138. The molecule has 2 bridgehead atoms. The first-order valence-corrected chi connectivity index (χ1v) is 9.39. The van der Waals surface area contributed by atoms with Gasteiger partial charge in [0, 0.05) is 30.1 Å². The number of hydrogen-bond acceptors (Lipinski definition) is 3. The zero-order valence-corrected chi connectivity index (χ0v) is 15.1. The lowest BCUT2D eigenvalue weighted by Gasteiger charge is -2.37. The van der Waals surface area contributed by atoms with Crippen LogP contribution in [-0.2, 0) is 15.8 Å². The van der Waals surface area contributed by atoms with E-state index in [9.17, 15) is 22.8 Å². The van der Waals surface area contributed by atoms with Crippen molar-refractivity contribution in [2.75, 3.05) is 5.32 Å². The van der Waals surface area contributed by atoms with Crippen LogP contribution in [-0.4, -0.2) is 21.5 Å². The zero-order chi connectivity index (χ0) is 19.9. The smallest absolute Gasteiger partial charge is 0.324 e. The number of benzene rings is 1. The van der Waals surface area contributed by atoms with Gasteiger partial charge in [-0.05, 0) is 49.9 Å². The van der Waals surface area contributed by atoms with Gasteiger partial charge >= 0.3 is 6.18 Å². The van der Waals surface area contributed by atoms with Gasteiger partial charge in [0.25, 0.3) is 0 Å². The van der Waals surface area contributed by atoms with Crippen LogP contribution >= 0.6 is 0 Å². The van der Waals surface area contributed by atoms with Gasteiger partial charge in [-0.25, -0.2) is 4.68 Å². The van der Waals surface area contributed by atoms with E-state index in [1.807, 2.05) is 0 Å². The minimum absolute atomic E-state index is 0.0607. The average Bonchev–Trinajstić information content (AvgIpc) is 3.15. The topological polar surface area (TPSA) is 64.0 Å². The number of nitrogens with zero attached hydrogens (tertiary/aromatic N) is 2. The first-order chi connectivity index (χ1) is 13.3. The highest BCUT2D eigenvalue weighted by Gasteiger charge is 2.41. The summed E-state index contributed by atoms with van der Waals surface area (Å²) in [6, 6.07) is 4.85. The third kappa shape index (κ3) is 3.55. The largest absolute Gasteiger partial charge is 0.416 e. The molecule has 1 aromatic heterocycles. The third-order valence-corrected chi connectivity index (χ3v) is 5.75. The number of hydrogen-bond donors (Lipinski definition) is 1. The van der Waals surface area contributed by atoms with Gasteiger partial charge in [0.2, 0.25) is 5.91 Å². The van der Waals surface area contributed by atoms with Gasteiger partial charge in [0.1, 0.15) is 5.78 Å². The lowest BCUT2D eigenvalue weighted by atomic mass is 9.67. The van der Waals surface area contributed by atoms with Crippen molar-refractivity contribution in [3.05, 3.63) is 42.2 Å². The number of Topliss-reactive ketones (excluding diaryl/α,β-unsaturated/α-hetero) is 1. The summed E-state index contributed by atoms with van der Waals surface area (Å²) < 4.78 is 40.9. The fraction of sp³-hybridized carbons (Fsp3) is 0.450. The highest BCUT2D eigenvalue weighted by atomic mass is 19.4. The van der Waals surface area contributed by atoms with Gasteiger partial charge in [0.05, 0.1) is 16.9 Å². The van der Waals surface area contributed by atoms with Crippen LogP contribution in [0.1, 0.15) is 37.7 Å². The molecule has 0 aliphatic heterocycles. The van der Waals surface area contributed by atoms with E-state index in [4.69, 9.17) is 0 Å². The molecule has 0 spiro atoms. The molecule has 2 fully saturated rings. The second-order valence-corrected chi connectivity index (χ2v) is 7.57. The Balaban J connectivity index is 1.61. The number of nitrogens with one attached hydrogen (secondary N) is 1. The number of aromatic nitrogens is 2. The minimum atomic E-state index is -4.52. The SMILES string of the molecule is O=C(Nc1cc(C(F)(F)F)ccc1-n1cccn1)C1CC2CCCC(C1)C2=O. The molecule has 1 amide bonds. The monoisotopic (exact) mass is 391 g/mol. The first-order valence-electron chi connectivity index (χ1n) is 9.39. The van der Waals surface area contributed by atoms with Gasteiger partial charge in [-0.3, -0.25) is 9.59 Å². The van der Waals surface area contributed by atoms with Crippen molar-refractivity contribution >= 4 is 17.4 Å². The van der Waals surface area contributed by atoms with E-state index in [0.717, 1.165) is 31.4 Å². The Morgan fingerprint density at radius 2 is 1.89 bits per heavy atom. The number of amides is 1. The lowest BCUT2D eigenvalue weighted by Crippen LogP contribution is -2.40. The molecule has 2 aliphatic rings. The molecule has 2 aliphatic carbocycles. The van der Waals surface area contributed by atoms with E-state index in [0.29, 0.717) is 18.5 Å². The van der Waals surface area contributed by atoms with Crippen molar-refractivity contribution in [3.63, 3.8) is 0 Å². The highest BCUT2D eigenvalue weighted by Crippen LogP contribution is 2.41. The quantitative estimate of drug-likeness (QED) is 0.852. The van der Waals surface area contributed by atoms with Crippen molar-refractivity contribution in [1.82, 2.24) is 9.78 Å². The molecular formula is C20H20F3N3O2. The predicted octanol–water partition coefficient (Wildman–Crippen LogP) is 4.23. The number of carbonyl (C=O) groups is 2. The molecule has 148 valence electrons. The number of anilines is 1. The molecule has 28 heavy (non-hydrogen) atoms. The van der Waals surface area contributed by atoms with Crippen LogP contribution in [0, 0.1) is 17.8 Å². The van der Waals surface area contributed by atoms with Gasteiger partial charge in [-0.15, -0.1) is 0 Å². The molecule has 1 N–H and O–H groups in total. The molecule has 1 aromatic carbocycles. The van der Waals surface area contributed by atoms with Gasteiger partial charge in [-0.1, -0.05) is 6.42 Å². The van der Waals surface area contributed by atoms with Crippen molar-refractivity contribution in [1.29, 1.82) is 0 Å². The molecule has 1 heterocycles. The predicted molar refractivity (Wildman–Crippen MR) is 95.8 cm³/mol. The summed E-state index contributed by atoms with van der Waals surface area (Å²) in [6.45, 7) is 0. The minimum Gasteiger partial charge on any atom is -0.324 e. The summed E-state index contributed by atoms with van der Waals surface area (Å²) in [7, 11) is 0. The Morgan fingerprint density at radius 1 is 1.18 bits per heavy atom. The van der Waals surface area contributed by atoms with Gasteiger partial charge in [-0.2, -0.15) is 18.3 Å². The molecule has 0 radical (unpaired) electrons. The van der Waals surface area contributed by atoms with Crippen LogP contribution in [0.25, 0.3) is 5.69 Å². The maximum absolute atomic E-state index is 13.2. The third-order valence-electron chi connectivity index (χ3n) is 5.75. The van der Waals surface area contributed by atoms with E-state index in [2.05, 4.69) is 10.4 Å². The van der Waals surface area contributed by atoms with Crippen LogP contribution in [0.2, 0.25) is 0 Å². The van der Waals surface area contributed by atoms with Crippen LogP contribution in [0.15, 0.2) is 36.7 Å². The first kappa shape index (κ1) is 18.7. The standard InChI is InChI=1S/C20H20F3N3O2/c21-20(22,23)15-5-6-17(26-8-2-7-24-26)16(11-15)25-19(28)14-9-12-3-1-4-13(10-14)18(12)27/h2,5-8,11-14H,1,3-4,9-10H2,(H,25,28). The molecule has 8 heteroatoms. The number of halogens is 3. The normalized spacial score (nSPS) is 24.8. The van der Waals surface area contributed by atoms with Crippen molar-refractivity contribution in [2.24, 2.45) is 17.8 Å². The maximum Gasteiger partial charge on any atom is 0.416 e. The van der Waals surface area contributed by atoms with Crippen molar-refractivity contribution in [2.45, 2.75) is 38.3 Å². The fourth-order valence-electron chi connectivity index (χ4n) is 4.35. The molecule has 2 unspecified atom stereocenters. The second-order valence-electron chi connectivity index (χ2n) is 7.57. The summed E-state index contributed by atoms with van der Waals surface area (Å²) >= 11 is 0. The van der Waals surface area contributed by atoms with Crippen LogP contribution in [0.3, 0.4) is 0 Å². The Morgan fingerprint density at radius 3 is 2.50 bits per heavy atom. The summed E-state index contributed by atoms with van der Waals surface area (Å²) in [4.78, 5) is 25.1. The van der Waals surface area contributed by atoms with E-state index in [1.54, 1.807) is 12.3 Å². The molecule has 2 atom stereocenters. The van der Waals surface area contributed by atoms with Gasteiger partial charge < -0.3 is 5.32 Å². The molecule has 0 saturated heterocycles. The number of rotatable bonds is 3. The second kappa shape index (κ2) is 7.07. The molecule has 5 nitrogen and oxygen atoms in total. The van der Waals surface area contributed by atoms with Crippen LogP contribution in [0.4, 0.5) is 18.9 Å². The Hall–Kier alpha value is -2.64. The van der Waals surface area contributed by atoms with Gasteiger partial charge in [0.15, 0.2) is 0 Å². The zero-order valence-electron chi connectivity index (χ0n) is 15.1. The fourth-order valence-corrected chi connectivity index (χ4v) is 4.35. The highest BCUT2D eigenvalue weighted by molar-refractivity contribution is 5.96. The Labute approximate surface area is 159 Å². The van der Waals surface area contributed by atoms with Crippen LogP contribution < -0.4 is 5.32 Å². The summed E-state index contributed by atoms with van der Waals surface area (Å²) in [5, 5.41) is 6.73. The Bertz CT molecular complexity index is 877. The number of fused-ring (bicyclic) bond motifs is 2. The molecule has 2 saturated carbocycles. The summed E-state index contributed by atoms with van der Waals surface area (Å²) in [5.74, 6) is -0.664.